The molecule has 1 atom stereocenters. The summed E-state index contributed by atoms with van der Waals surface area (Å²) in [7, 11) is 0. The van der Waals surface area contributed by atoms with E-state index in [1.54, 1.807) is 0 Å². The second-order valence-corrected chi connectivity index (χ2v) is 6.94. The van der Waals surface area contributed by atoms with Gasteiger partial charge >= 0.3 is 0 Å². The Kier molecular flexibility index (Phi) is 4.42. The second-order valence-electron chi connectivity index (χ2n) is 6.04. The highest BCUT2D eigenvalue weighted by Gasteiger charge is 2.38. The van der Waals surface area contributed by atoms with Crippen LogP contribution in [0.25, 0.3) is 11.6 Å². The molecular formula is C22H20OS. The molecule has 0 fully saturated rings. The molecule has 0 aromatic heterocycles. The van der Waals surface area contributed by atoms with Crippen molar-refractivity contribution < 1.29 is 4.74 Å². The Balaban J connectivity index is 1.76. The molecule has 0 bridgehead atoms. The molecule has 2 aromatic carbocycles. The Labute approximate surface area is 147 Å². The monoisotopic (exact) mass is 332 g/mol. The molecule has 2 aromatic rings. The maximum Gasteiger partial charge on any atom is 0.0783 e. The van der Waals surface area contributed by atoms with Gasteiger partial charge in [0.15, 0.2) is 0 Å². The van der Waals surface area contributed by atoms with Crippen LogP contribution in [0.3, 0.4) is 0 Å². The number of hydrogen-bond donors (Lipinski definition) is 0. The minimum Gasteiger partial charge on any atom is -0.372 e. The molecular weight excluding hydrogens is 312 g/mol. The van der Waals surface area contributed by atoms with Crippen molar-refractivity contribution in [3.63, 3.8) is 0 Å². The Hall–Kier alpha value is -2.03. The normalized spacial score (nSPS) is 20.3. The molecule has 1 heterocycles. The van der Waals surface area contributed by atoms with Gasteiger partial charge in [0, 0.05) is 10.8 Å². The summed E-state index contributed by atoms with van der Waals surface area (Å²) in [6.07, 6.45) is 6.73. The van der Waals surface area contributed by atoms with Gasteiger partial charge in [0.2, 0.25) is 0 Å². The first kappa shape index (κ1) is 15.5. The number of fused-ring (bicyclic) bond motifs is 1. The lowest BCUT2D eigenvalue weighted by Crippen LogP contribution is -2.28. The van der Waals surface area contributed by atoms with E-state index >= 15 is 0 Å². The van der Waals surface area contributed by atoms with Gasteiger partial charge in [-0.1, -0.05) is 72.8 Å². The van der Waals surface area contributed by atoms with Gasteiger partial charge in [0.05, 0.1) is 13.2 Å². The average molecular weight is 332 g/mol. The van der Waals surface area contributed by atoms with E-state index < -0.39 is 0 Å². The van der Waals surface area contributed by atoms with Crippen molar-refractivity contribution >= 4 is 23.4 Å². The predicted molar refractivity (Wildman–Crippen MR) is 104 cm³/mol. The van der Waals surface area contributed by atoms with Gasteiger partial charge in [-0.2, -0.15) is 0 Å². The van der Waals surface area contributed by atoms with E-state index in [1.165, 1.54) is 32.8 Å². The third kappa shape index (κ3) is 2.77. The molecule has 1 aliphatic carbocycles. The molecule has 120 valence electrons. The summed E-state index contributed by atoms with van der Waals surface area (Å²) in [6, 6.07) is 21.2. The van der Waals surface area contributed by atoms with E-state index in [-0.39, 0.29) is 0 Å². The first-order valence-electron chi connectivity index (χ1n) is 8.25. The van der Waals surface area contributed by atoms with E-state index in [9.17, 15) is 0 Å². The lowest BCUT2D eigenvalue weighted by atomic mass is 9.69. The first-order chi connectivity index (χ1) is 11.9. The van der Waals surface area contributed by atoms with Gasteiger partial charge in [-0.25, -0.2) is 0 Å². The molecule has 2 heteroatoms. The molecule has 1 aliphatic heterocycles. The highest BCUT2D eigenvalue weighted by atomic mass is 32.2. The van der Waals surface area contributed by atoms with E-state index in [2.05, 4.69) is 79.1 Å². The lowest BCUT2D eigenvalue weighted by Gasteiger charge is -2.40. The predicted octanol–water partition coefficient (Wildman–Crippen LogP) is 5.43. The Morgan fingerprint density at radius 2 is 1.62 bits per heavy atom. The van der Waals surface area contributed by atoms with E-state index in [1.807, 2.05) is 11.8 Å². The summed E-state index contributed by atoms with van der Waals surface area (Å²) < 4.78 is 5.81. The molecule has 0 amide bonds. The number of allylic oxidation sites excluding steroid dienone is 2. The molecule has 0 spiro atoms. The largest absolute Gasteiger partial charge is 0.372 e. The Bertz CT molecular complexity index is 816. The van der Waals surface area contributed by atoms with Gasteiger partial charge in [-0.05, 0) is 34.1 Å². The zero-order chi connectivity index (χ0) is 16.4. The average Bonchev–Trinajstić information content (AvgIpc) is 2.64. The third-order valence-electron chi connectivity index (χ3n) is 4.66. The minimum atomic E-state index is 0.369. The zero-order valence-corrected chi connectivity index (χ0v) is 14.6. The number of benzene rings is 2. The molecule has 24 heavy (non-hydrogen) atoms. The van der Waals surface area contributed by atoms with Gasteiger partial charge in [-0.15, -0.1) is 11.8 Å². The van der Waals surface area contributed by atoms with Gasteiger partial charge < -0.3 is 4.74 Å². The molecule has 1 nitrogen and oxygen atoms in total. The van der Waals surface area contributed by atoms with Crippen molar-refractivity contribution in [2.24, 2.45) is 5.92 Å². The van der Waals surface area contributed by atoms with Crippen molar-refractivity contribution in [1.82, 2.24) is 0 Å². The highest BCUT2D eigenvalue weighted by molar-refractivity contribution is 8.02. The fourth-order valence-electron chi connectivity index (χ4n) is 3.51. The van der Waals surface area contributed by atoms with E-state index in [0.717, 1.165) is 13.2 Å². The molecule has 0 radical (unpaired) electrons. The van der Waals surface area contributed by atoms with Crippen LogP contribution in [-0.4, -0.2) is 19.5 Å². The highest BCUT2D eigenvalue weighted by Crippen LogP contribution is 2.51. The number of thioether (sulfide) groups is 1. The summed E-state index contributed by atoms with van der Waals surface area (Å²) in [4.78, 5) is 1.37. The fraction of sp³-hybridized carbons (Fsp3) is 0.182. The molecule has 4 rings (SSSR count). The van der Waals surface area contributed by atoms with Crippen LogP contribution >= 0.6 is 11.8 Å². The summed E-state index contributed by atoms with van der Waals surface area (Å²) in [5, 5.41) is 0. The summed E-state index contributed by atoms with van der Waals surface area (Å²) in [5.74, 6) is 0.369. The first-order valence-corrected chi connectivity index (χ1v) is 9.48. The van der Waals surface area contributed by atoms with Gasteiger partial charge in [0.25, 0.3) is 0 Å². The van der Waals surface area contributed by atoms with Crippen molar-refractivity contribution in [1.29, 1.82) is 0 Å². The molecule has 1 unspecified atom stereocenters. The maximum atomic E-state index is 5.81. The summed E-state index contributed by atoms with van der Waals surface area (Å²) in [5.41, 5.74) is 6.85. The Morgan fingerprint density at radius 3 is 2.33 bits per heavy atom. The van der Waals surface area contributed by atoms with Gasteiger partial charge in [-0.3, -0.25) is 0 Å². The zero-order valence-electron chi connectivity index (χ0n) is 13.7. The van der Waals surface area contributed by atoms with Gasteiger partial charge in [0.1, 0.15) is 0 Å². The maximum absolute atomic E-state index is 5.81. The van der Waals surface area contributed by atoms with Crippen molar-refractivity contribution in [3.8, 4) is 0 Å². The smallest absolute Gasteiger partial charge is 0.0783 e. The minimum absolute atomic E-state index is 0.369. The second kappa shape index (κ2) is 6.84. The van der Waals surface area contributed by atoms with Crippen molar-refractivity contribution in [2.75, 3.05) is 19.5 Å². The third-order valence-corrected chi connectivity index (χ3v) is 5.49. The molecule has 2 aliphatic rings. The Morgan fingerprint density at radius 1 is 0.917 bits per heavy atom. The van der Waals surface area contributed by atoms with Crippen LogP contribution < -0.4 is 0 Å². The topological polar surface area (TPSA) is 9.23 Å². The van der Waals surface area contributed by atoms with Crippen LogP contribution in [0.5, 0.6) is 0 Å². The number of rotatable bonds is 4. The quantitative estimate of drug-likeness (QED) is 0.738. The van der Waals surface area contributed by atoms with Crippen LogP contribution in [-0.2, 0) is 4.74 Å². The molecule has 0 saturated heterocycles. The number of ether oxygens (including phenoxy) is 1. The summed E-state index contributed by atoms with van der Waals surface area (Å²) >= 11 is 1.82. The molecule has 0 N–H and O–H groups in total. The van der Waals surface area contributed by atoms with Crippen molar-refractivity contribution in [3.05, 3.63) is 93.9 Å². The van der Waals surface area contributed by atoms with E-state index in [0.29, 0.717) is 5.92 Å². The SMILES string of the molecule is CSC1=C2C(=C(c3ccccc3)C2/C=C/c2ccccc2)COC1. The van der Waals surface area contributed by atoms with Crippen LogP contribution in [0.15, 0.2) is 82.8 Å². The lowest BCUT2D eigenvalue weighted by molar-refractivity contribution is 0.174. The standard InChI is InChI=1S/C22H20OS/c1-24-20-15-23-14-19-21(17-10-6-3-7-11-17)18(22(19)20)13-12-16-8-4-2-5-9-16/h2-13,18H,14-15H2,1H3/b13-12+. The summed E-state index contributed by atoms with van der Waals surface area (Å²) in [6.45, 7) is 1.48. The molecule has 0 saturated carbocycles. The van der Waals surface area contributed by atoms with E-state index in [4.69, 9.17) is 4.74 Å². The van der Waals surface area contributed by atoms with Crippen LogP contribution in [0.4, 0.5) is 0 Å². The number of hydrogen-bond acceptors (Lipinski definition) is 2. The van der Waals surface area contributed by atoms with Crippen LogP contribution in [0, 0.1) is 5.92 Å². The van der Waals surface area contributed by atoms with Crippen molar-refractivity contribution in [2.45, 2.75) is 0 Å². The fourth-order valence-corrected chi connectivity index (χ4v) is 4.18. The van der Waals surface area contributed by atoms with Crippen LogP contribution in [0.1, 0.15) is 11.1 Å². The van der Waals surface area contributed by atoms with Crippen LogP contribution in [0.2, 0.25) is 0 Å².